The van der Waals surface area contributed by atoms with Crippen LogP contribution in [0, 0.1) is 0 Å². The first-order valence-electron chi connectivity index (χ1n) is 8.42. The summed E-state index contributed by atoms with van der Waals surface area (Å²) < 4.78 is 41.1. The van der Waals surface area contributed by atoms with E-state index in [2.05, 4.69) is 24.3 Å². The molecular weight excluding hydrogens is 369 g/mol. The molecule has 146 valence electrons. The van der Waals surface area contributed by atoms with Gasteiger partial charge in [-0.15, -0.1) is 0 Å². The largest absolute Gasteiger partial charge is 0.508 e. The third kappa shape index (κ3) is 7.25. The number of phenols is 1. The topological polar surface area (TPSA) is 46.5 Å². The summed E-state index contributed by atoms with van der Waals surface area (Å²) in [5.41, 5.74) is 1.95. The van der Waals surface area contributed by atoms with E-state index in [1.807, 2.05) is 36.4 Å². The van der Waals surface area contributed by atoms with E-state index in [0.717, 1.165) is 24.3 Å². The summed E-state index contributed by atoms with van der Waals surface area (Å²) in [4.78, 5) is 10.6. The zero-order valence-corrected chi connectivity index (χ0v) is 14.9. The van der Waals surface area contributed by atoms with Crippen LogP contribution in [-0.4, -0.2) is 17.1 Å². The van der Waals surface area contributed by atoms with Crippen molar-refractivity contribution >= 4 is 5.78 Å². The van der Waals surface area contributed by atoms with Crippen molar-refractivity contribution in [3.05, 3.63) is 102 Å². The Morgan fingerprint density at radius 2 is 1.18 bits per heavy atom. The van der Waals surface area contributed by atoms with Gasteiger partial charge in [0, 0.05) is 5.56 Å². The molecule has 3 aromatic carbocycles. The molecule has 0 bridgehead atoms. The SMILES string of the molecule is O=C(c1ccc(O)cc1)C(F)(F)F.c1ccc(COCc2ccccc2)cc1. The van der Waals surface area contributed by atoms with Crippen LogP contribution in [0.5, 0.6) is 5.75 Å². The Labute approximate surface area is 161 Å². The van der Waals surface area contributed by atoms with Gasteiger partial charge in [0.2, 0.25) is 0 Å². The smallest absolute Gasteiger partial charge is 0.454 e. The number of alkyl halides is 3. The summed E-state index contributed by atoms with van der Waals surface area (Å²) in [5.74, 6) is -2.09. The van der Waals surface area contributed by atoms with Crippen molar-refractivity contribution in [3.8, 4) is 5.75 Å². The van der Waals surface area contributed by atoms with E-state index in [4.69, 9.17) is 9.84 Å². The van der Waals surface area contributed by atoms with Gasteiger partial charge in [0.15, 0.2) is 0 Å². The first-order valence-corrected chi connectivity index (χ1v) is 8.42. The molecule has 3 rings (SSSR count). The summed E-state index contributed by atoms with van der Waals surface area (Å²) in [7, 11) is 0. The molecule has 0 amide bonds. The Balaban J connectivity index is 0.000000203. The second-order valence-corrected chi connectivity index (χ2v) is 5.84. The zero-order valence-electron chi connectivity index (χ0n) is 14.9. The molecule has 0 unspecified atom stereocenters. The van der Waals surface area contributed by atoms with Crippen LogP contribution in [0.2, 0.25) is 0 Å². The fourth-order valence-electron chi connectivity index (χ4n) is 2.21. The molecule has 0 fully saturated rings. The van der Waals surface area contributed by atoms with Gasteiger partial charge in [-0.25, -0.2) is 0 Å². The van der Waals surface area contributed by atoms with Crippen molar-refractivity contribution in [1.82, 2.24) is 0 Å². The number of halogens is 3. The second kappa shape index (κ2) is 10.3. The molecule has 0 atom stereocenters. The van der Waals surface area contributed by atoms with Gasteiger partial charge in [0.05, 0.1) is 13.2 Å². The van der Waals surface area contributed by atoms with Gasteiger partial charge >= 0.3 is 6.18 Å². The maximum atomic E-state index is 11.8. The molecule has 3 aromatic rings. The van der Waals surface area contributed by atoms with Gasteiger partial charge in [-0.2, -0.15) is 13.2 Å². The summed E-state index contributed by atoms with van der Waals surface area (Å²) in [6.45, 7) is 1.35. The van der Waals surface area contributed by atoms with Gasteiger partial charge < -0.3 is 9.84 Å². The highest BCUT2D eigenvalue weighted by atomic mass is 19.4. The minimum atomic E-state index is -4.86. The maximum Gasteiger partial charge on any atom is 0.454 e. The van der Waals surface area contributed by atoms with Crippen molar-refractivity contribution < 1.29 is 27.8 Å². The van der Waals surface area contributed by atoms with E-state index < -0.39 is 17.5 Å². The quantitative estimate of drug-likeness (QED) is 0.584. The highest BCUT2D eigenvalue weighted by Gasteiger charge is 2.39. The molecule has 0 saturated heterocycles. The van der Waals surface area contributed by atoms with Crippen molar-refractivity contribution in [3.63, 3.8) is 0 Å². The highest BCUT2D eigenvalue weighted by molar-refractivity contribution is 6.00. The Kier molecular flexibility index (Phi) is 7.77. The number of benzene rings is 3. The Morgan fingerprint density at radius 1 is 0.750 bits per heavy atom. The monoisotopic (exact) mass is 388 g/mol. The highest BCUT2D eigenvalue weighted by Crippen LogP contribution is 2.22. The van der Waals surface area contributed by atoms with Crippen LogP contribution in [0.15, 0.2) is 84.9 Å². The number of carbonyl (C=O) groups excluding carboxylic acids is 1. The number of hydrogen-bond acceptors (Lipinski definition) is 3. The fourth-order valence-corrected chi connectivity index (χ4v) is 2.21. The third-order valence-corrected chi connectivity index (χ3v) is 3.61. The number of carbonyl (C=O) groups is 1. The van der Waals surface area contributed by atoms with Crippen LogP contribution < -0.4 is 0 Å². The third-order valence-electron chi connectivity index (χ3n) is 3.61. The molecule has 0 aliphatic rings. The molecular formula is C22H19F3O3. The lowest BCUT2D eigenvalue weighted by atomic mass is 10.1. The normalized spacial score (nSPS) is 10.7. The van der Waals surface area contributed by atoms with Crippen LogP contribution in [0.4, 0.5) is 13.2 Å². The summed E-state index contributed by atoms with van der Waals surface area (Å²) in [6.07, 6.45) is -4.86. The number of hydrogen-bond donors (Lipinski definition) is 1. The van der Waals surface area contributed by atoms with E-state index in [9.17, 15) is 18.0 Å². The zero-order chi connectivity index (χ0) is 20.4. The Morgan fingerprint density at radius 3 is 1.57 bits per heavy atom. The number of rotatable bonds is 5. The molecule has 6 heteroatoms. The van der Waals surface area contributed by atoms with Gasteiger partial charge in [0.25, 0.3) is 5.78 Å². The van der Waals surface area contributed by atoms with Crippen LogP contribution in [0.1, 0.15) is 21.5 Å². The van der Waals surface area contributed by atoms with Gasteiger partial charge in [-0.05, 0) is 35.4 Å². The van der Waals surface area contributed by atoms with Gasteiger partial charge in [-0.1, -0.05) is 60.7 Å². The van der Waals surface area contributed by atoms with Crippen molar-refractivity contribution in [1.29, 1.82) is 0 Å². The molecule has 0 aromatic heterocycles. The average Bonchev–Trinajstić information content (AvgIpc) is 2.69. The fraction of sp³-hybridized carbons (Fsp3) is 0.136. The van der Waals surface area contributed by atoms with E-state index in [0.29, 0.717) is 13.2 Å². The Bertz CT molecular complexity index is 806. The van der Waals surface area contributed by atoms with Crippen molar-refractivity contribution in [2.75, 3.05) is 0 Å². The van der Waals surface area contributed by atoms with E-state index in [-0.39, 0.29) is 5.75 Å². The first kappa shape index (κ1) is 21.2. The minimum Gasteiger partial charge on any atom is -0.508 e. The molecule has 0 aliphatic carbocycles. The van der Waals surface area contributed by atoms with Crippen molar-refractivity contribution in [2.45, 2.75) is 19.4 Å². The summed E-state index contributed by atoms with van der Waals surface area (Å²) in [6, 6.07) is 24.3. The first-order chi connectivity index (χ1) is 13.4. The van der Waals surface area contributed by atoms with Crippen molar-refractivity contribution in [2.24, 2.45) is 0 Å². The van der Waals surface area contributed by atoms with Crippen LogP contribution in [0.25, 0.3) is 0 Å². The number of aromatic hydroxyl groups is 1. The molecule has 28 heavy (non-hydrogen) atoms. The van der Waals surface area contributed by atoms with E-state index in [1.54, 1.807) is 0 Å². The Hall–Kier alpha value is -3.12. The number of ether oxygens (including phenoxy) is 1. The average molecular weight is 388 g/mol. The molecule has 0 saturated carbocycles. The number of ketones is 1. The van der Waals surface area contributed by atoms with E-state index in [1.165, 1.54) is 11.1 Å². The second-order valence-electron chi connectivity index (χ2n) is 5.84. The standard InChI is InChI=1S/C14H14O.C8H5F3O2/c1-3-7-13(8-4-1)11-15-12-14-9-5-2-6-10-14;9-8(10,11)7(13)5-1-3-6(12)4-2-5/h1-10H,11-12H2;1-4,12H. The summed E-state index contributed by atoms with van der Waals surface area (Å²) >= 11 is 0. The molecule has 0 spiro atoms. The lowest BCUT2D eigenvalue weighted by Crippen LogP contribution is -2.22. The lowest BCUT2D eigenvalue weighted by Gasteiger charge is -2.04. The molecule has 0 heterocycles. The van der Waals surface area contributed by atoms with Crippen LogP contribution >= 0.6 is 0 Å². The predicted octanol–water partition coefficient (Wildman–Crippen LogP) is 5.54. The maximum absolute atomic E-state index is 11.8. The molecule has 0 radical (unpaired) electrons. The number of Topliss-reactive ketones (excluding diaryl/α,β-unsaturated/α-hetero) is 1. The molecule has 1 N–H and O–H groups in total. The van der Waals surface area contributed by atoms with Gasteiger partial charge in [-0.3, -0.25) is 4.79 Å². The van der Waals surface area contributed by atoms with Crippen LogP contribution in [-0.2, 0) is 18.0 Å². The lowest BCUT2D eigenvalue weighted by molar-refractivity contribution is -0.0885. The predicted molar refractivity (Wildman–Crippen MR) is 99.9 cm³/mol. The molecule has 0 aliphatic heterocycles. The van der Waals surface area contributed by atoms with Crippen LogP contribution in [0.3, 0.4) is 0 Å². The van der Waals surface area contributed by atoms with Gasteiger partial charge in [0.1, 0.15) is 5.75 Å². The summed E-state index contributed by atoms with van der Waals surface area (Å²) in [5, 5.41) is 8.75. The minimum absolute atomic E-state index is 0.182. The molecule has 3 nitrogen and oxygen atoms in total. The number of phenolic OH excluding ortho intramolecular Hbond substituents is 1. The van der Waals surface area contributed by atoms with E-state index >= 15 is 0 Å².